The molecule has 0 saturated heterocycles. The maximum absolute atomic E-state index is 8.88. The molecule has 0 unspecified atom stereocenters. The summed E-state index contributed by atoms with van der Waals surface area (Å²) < 4.78 is 40.5. The van der Waals surface area contributed by atoms with Gasteiger partial charge in [0.15, 0.2) is 0 Å². The Morgan fingerprint density at radius 2 is 1.00 bits per heavy atom. The van der Waals surface area contributed by atoms with Gasteiger partial charge in [-0.25, -0.2) is 4.57 Å². The fourth-order valence-electron chi connectivity index (χ4n) is 0. The molecule has 0 fully saturated rings. The molecule has 0 amide bonds. The second kappa shape index (κ2) is 9.32. The third-order valence-corrected chi connectivity index (χ3v) is 0. The van der Waals surface area contributed by atoms with Gasteiger partial charge < -0.3 is 14.7 Å². The molecule has 12 heteroatoms. The van der Waals surface area contributed by atoms with E-state index in [1.54, 1.807) is 0 Å². The molecule has 0 aliphatic carbocycles. The van der Waals surface area contributed by atoms with Crippen LogP contribution in [-0.2, 0) is 32.0 Å². The van der Waals surface area contributed by atoms with Crippen LogP contribution in [0.4, 0.5) is 0 Å². The van der Waals surface area contributed by atoms with Gasteiger partial charge in [-0.3, -0.25) is 9.11 Å². The maximum atomic E-state index is 8.88. The normalized spacial score (nSPS) is 9.75. The average Bonchev–Trinajstić information content (AvgIpc) is 1.12. The topological polar surface area (TPSA) is 152 Å². The average molecular weight is 293 g/mol. The van der Waals surface area contributed by atoms with Crippen molar-refractivity contribution in [2.75, 3.05) is 0 Å². The van der Waals surface area contributed by atoms with Crippen molar-refractivity contribution in [3.63, 3.8) is 0 Å². The molecule has 0 aromatic heterocycles. The van der Waals surface area contributed by atoms with E-state index in [-0.39, 0.29) is 54.8 Å². The van der Waals surface area contributed by atoms with Crippen LogP contribution in [0.25, 0.3) is 0 Å². The third-order valence-electron chi connectivity index (χ3n) is 0. The summed E-state index contributed by atoms with van der Waals surface area (Å²) >= 11 is 0. The van der Waals surface area contributed by atoms with Crippen molar-refractivity contribution in [2.24, 2.45) is 0 Å². The molecule has 0 aromatic rings. The first-order chi connectivity index (χ1) is 4.00. The Labute approximate surface area is 109 Å². The fourth-order valence-corrected chi connectivity index (χ4v) is 0. The van der Waals surface area contributed by atoms with E-state index in [2.05, 4.69) is 0 Å². The zero-order valence-electron chi connectivity index (χ0n) is 4.69. The van der Waals surface area contributed by atoms with Crippen LogP contribution in [0.3, 0.4) is 0 Å². The molecule has 0 rings (SSSR count). The minimum absolute atomic E-state index is 0. The molecule has 12 heavy (non-hydrogen) atoms. The van der Waals surface area contributed by atoms with Crippen LogP contribution in [0.15, 0.2) is 0 Å². The summed E-state index contributed by atoms with van der Waals surface area (Å²) in [4.78, 5) is 21.6. The van der Waals surface area contributed by atoms with Crippen molar-refractivity contribution in [3.8, 4) is 0 Å². The summed E-state index contributed by atoms with van der Waals surface area (Å²) in [5, 5.41) is 0. The molecule has 0 aromatic carbocycles. The monoisotopic (exact) mass is 293 g/mol. The molecule has 0 bridgehead atoms. The number of hydrogen-bond acceptors (Lipinski definition) is 3. The summed E-state index contributed by atoms with van der Waals surface area (Å²) in [5.41, 5.74) is 0. The van der Waals surface area contributed by atoms with Gasteiger partial charge in [0.05, 0.1) is 0 Å². The second-order valence-electron chi connectivity index (χ2n) is 0.961. The van der Waals surface area contributed by atoms with Crippen molar-refractivity contribution in [2.45, 2.75) is 0 Å². The molecule has 0 spiro atoms. The zero-order valence-corrected chi connectivity index (χ0v) is 7.59. The molecular formula is H7CaMnO8PS. The van der Waals surface area contributed by atoms with Gasteiger partial charge in [0.1, 0.15) is 0 Å². The van der Waals surface area contributed by atoms with E-state index in [9.17, 15) is 0 Å². The van der Waals surface area contributed by atoms with E-state index >= 15 is 0 Å². The van der Waals surface area contributed by atoms with Gasteiger partial charge in [0.25, 0.3) is 0 Å². The smallest absolute Gasteiger partial charge is 0 e. The summed E-state index contributed by atoms with van der Waals surface area (Å²) in [6.45, 7) is 0. The van der Waals surface area contributed by atoms with Gasteiger partial charge in [0, 0.05) is 17.1 Å². The van der Waals surface area contributed by atoms with Gasteiger partial charge in [-0.15, -0.1) is 0 Å². The fraction of sp³-hybridized carbons (Fsp3) is 0. The Balaban J connectivity index is -0.0000000457. The molecule has 0 heterocycles. The first kappa shape index (κ1) is 23.5. The maximum Gasteiger partial charge on any atom is 0 e. The second-order valence-corrected chi connectivity index (χ2v) is 2.88. The van der Waals surface area contributed by atoms with Gasteiger partial charge in [-0.1, -0.05) is 0 Å². The Morgan fingerprint density at radius 1 is 1.00 bits per heavy atom. The minimum atomic E-state index is -4.67. The Bertz CT molecular complexity index is 197. The predicted octanol–water partition coefficient (Wildman–Crippen LogP) is -2.50. The molecule has 0 aliphatic heterocycles. The molecule has 75 valence electrons. The Morgan fingerprint density at radius 3 is 1.00 bits per heavy atom. The van der Waals surface area contributed by atoms with Gasteiger partial charge >= 0.3 is 56.0 Å². The van der Waals surface area contributed by atoms with Gasteiger partial charge in [-0.05, 0) is 0 Å². The molecule has 8 nitrogen and oxygen atoms in total. The van der Waals surface area contributed by atoms with E-state index in [0.29, 0.717) is 0 Å². The van der Waals surface area contributed by atoms with Crippen molar-refractivity contribution < 1.29 is 53.8 Å². The number of hydrogen-bond donors (Lipinski definition) is 5. The van der Waals surface area contributed by atoms with Crippen LogP contribution < -0.4 is 0 Å². The number of phosphoric acid groups is 1. The van der Waals surface area contributed by atoms with E-state index in [4.69, 9.17) is 36.8 Å². The Kier molecular flexibility index (Phi) is 18.3. The van der Waals surface area contributed by atoms with Crippen LogP contribution in [0.1, 0.15) is 0 Å². The predicted molar refractivity (Wildman–Crippen MR) is 37.0 cm³/mol. The summed E-state index contributed by atoms with van der Waals surface area (Å²) in [6.07, 6.45) is 0. The summed E-state index contributed by atoms with van der Waals surface area (Å²) in [5.74, 6) is 0. The van der Waals surface area contributed by atoms with Crippen LogP contribution in [0.2, 0.25) is 0 Å². The van der Waals surface area contributed by atoms with Gasteiger partial charge in [-0.2, -0.15) is 8.42 Å². The van der Waals surface area contributed by atoms with Crippen LogP contribution >= 0.6 is 7.82 Å². The summed E-state index contributed by atoms with van der Waals surface area (Å²) in [7, 11) is -9.31. The van der Waals surface area contributed by atoms with Gasteiger partial charge in [0.2, 0.25) is 0 Å². The first-order valence-corrected chi connectivity index (χ1v) is 4.44. The SMILES string of the molecule is O=P(O)(O)O.O=S(=O)(O)O.[CaH2].[Mn]. The third kappa shape index (κ3) is 440. The van der Waals surface area contributed by atoms with Crippen LogP contribution in [0, 0.1) is 0 Å². The molecule has 1 radical (unpaired) electrons. The quantitative estimate of drug-likeness (QED) is 0.187. The van der Waals surface area contributed by atoms with Crippen molar-refractivity contribution >= 4 is 56.0 Å². The standard InChI is InChI=1S/Ca.Mn.H3O4P.H2O4S.2H/c;;2*1-5(2,3)4;;/h;;(H3,1,2,3,4);(H2,1,2,3,4);;. The molecule has 0 aliphatic rings. The van der Waals surface area contributed by atoms with Crippen LogP contribution in [0.5, 0.6) is 0 Å². The minimum Gasteiger partial charge on any atom is 0 e. The molecule has 0 atom stereocenters. The van der Waals surface area contributed by atoms with E-state index in [0.717, 1.165) is 0 Å². The number of rotatable bonds is 0. The summed E-state index contributed by atoms with van der Waals surface area (Å²) in [6, 6.07) is 0. The van der Waals surface area contributed by atoms with E-state index in [1.807, 2.05) is 0 Å². The van der Waals surface area contributed by atoms with Crippen molar-refractivity contribution in [3.05, 3.63) is 0 Å². The molecular weight excluding hydrogens is 286 g/mol. The molecule has 5 N–H and O–H groups in total. The van der Waals surface area contributed by atoms with Crippen LogP contribution in [-0.4, -0.2) is 69.9 Å². The Hall–Kier alpha value is 1.76. The first-order valence-electron chi connectivity index (χ1n) is 1.48. The molecule has 0 saturated carbocycles. The van der Waals surface area contributed by atoms with E-state index < -0.39 is 18.2 Å². The zero-order chi connectivity index (χ0) is 9.00. The van der Waals surface area contributed by atoms with Crippen molar-refractivity contribution in [1.29, 1.82) is 0 Å². The largest absolute Gasteiger partial charge is 0 e. The van der Waals surface area contributed by atoms with Crippen molar-refractivity contribution in [1.82, 2.24) is 0 Å². The van der Waals surface area contributed by atoms with E-state index in [1.165, 1.54) is 0 Å².